The lowest BCUT2D eigenvalue weighted by Gasteiger charge is -2.25. The van der Waals surface area contributed by atoms with E-state index in [0.29, 0.717) is 24.0 Å². The summed E-state index contributed by atoms with van der Waals surface area (Å²) in [5, 5.41) is 0. The number of rotatable bonds is 6. The van der Waals surface area contributed by atoms with Crippen molar-refractivity contribution in [2.75, 3.05) is 19.8 Å². The quantitative estimate of drug-likeness (QED) is 0.644. The van der Waals surface area contributed by atoms with Gasteiger partial charge < -0.3 is 5.73 Å². The minimum Gasteiger partial charge on any atom is -0.392 e. The number of halogens is 1. The second-order valence-corrected chi connectivity index (χ2v) is 3.60. The zero-order chi connectivity index (χ0) is 9.56. The van der Waals surface area contributed by atoms with Gasteiger partial charge in [0.25, 0.3) is 0 Å². The van der Waals surface area contributed by atoms with Crippen LogP contribution in [0.2, 0.25) is 0 Å². The van der Waals surface area contributed by atoms with Crippen molar-refractivity contribution in [3.63, 3.8) is 0 Å². The fourth-order valence-corrected chi connectivity index (χ4v) is 1.15. The summed E-state index contributed by atoms with van der Waals surface area (Å²) >= 11 is 4.78. The van der Waals surface area contributed by atoms with Crippen LogP contribution in [0, 0.1) is 0 Å². The van der Waals surface area contributed by atoms with E-state index in [1.807, 2.05) is 0 Å². The van der Waals surface area contributed by atoms with E-state index in [0.717, 1.165) is 6.54 Å². The molecule has 0 fully saturated rings. The molecule has 0 saturated carbocycles. The standard InChI is InChI=1S/C8H17FN2S/c1-7(2)11(5-3-4-9)6-8(10)12/h7H,3-6H2,1-2H3,(H2,10,12). The van der Waals surface area contributed by atoms with E-state index in [1.165, 1.54) is 0 Å². The van der Waals surface area contributed by atoms with Gasteiger partial charge in [-0.15, -0.1) is 0 Å². The number of nitrogens with zero attached hydrogens (tertiary/aromatic N) is 1. The number of nitrogens with two attached hydrogens (primary N) is 1. The van der Waals surface area contributed by atoms with Gasteiger partial charge in [0.15, 0.2) is 0 Å². The first-order valence-corrected chi connectivity index (χ1v) is 4.57. The Hall–Kier alpha value is -0.220. The highest BCUT2D eigenvalue weighted by molar-refractivity contribution is 7.80. The molecule has 0 aliphatic rings. The Labute approximate surface area is 78.9 Å². The van der Waals surface area contributed by atoms with Crippen molar-refractivity contribution in [3.8, 4) is 0 Å². The molecule has 0 unspecified atom stereocenters. The molecule has 0 aromatic heterocycles. The summed E-state index contributed by atoms with van der Waals surface area (Å²) in [5.74, 6) is 0. The Kier molecular flexibility index (Phi) is 6.20. The van der Waals surface area contributed by atoms with Crippen molar-refractivity contribution in [2.45, 2.75) is 26.3 Å². The second-order valence-electron chi connectivity index (χ2n) is 3.07. The Bertz CT molecular complexity index is 139. The lowest BCUT2D eigenvalue weighted by molar-refractivity contribution is 0.241. The van der Waals surface area contributed by atoms with Crippen LogP contribution in [-0.4, -0.2) is 35.7 Å². The highest BCUT2D eigenvalue weighted by Crippen LogP contribution is 1.99. The van der Waals surface area contributed by atoms with E-state index in [-0.39, 0.29) is 6.67 Å². The Balaban J connectivity index is 3.78. The van der Waals surface area contributed by atoms with Crippen LogP contribution in [0.3, 0.4) is 0 Å². The van der Waals surface area contributed by atoms with Crippen LogP contribution < -0.4 is 5.73 Å². The molecular weight excluding hydrogens is 175 g/mol. The molecule has 0 rings (SSSR count). The van der Waals surface area contributed by atoms with Crippen LogP contribution in [0.1, 0.15) is 20.3 Å². The topological polar surface area (TPSA) is 29.3 Å². The maximum atomic E-state index is 11.9. The molecule has 2 N–H and O–H groups in total. The van der Waals surface area contributed by atoms with Gasteiger partial charge in [-0.25, -0.2) is 0 Å². The molecule has 0 bridgehead atoms. The van der Waals surface area contributed by atoms with Gasteiger partial charge >= 0.3 is 0 Å². The normalized spacial score (nSPS) is 11.1. The minimum absolute atomic E-state index is 0.277. The van der Waals surface area contributed by atoms with Crippen molar-refractivity contribution in [2.24, 2.45) is 5.73 Å². The van der Waals surface area contributed by atoms with Crippen molar-refractivity contribution in [1.82, 2.24) is 4.90 Å². The number of alkyl halides is 1. The Morgan fingerprint density at radius 1 is 1.58 bits per heavy atom. The van der Waals surface area contributed by atoms with Gasteiger partial charge in [-0.05, 0) is 20.3 Å². The Morgan fingerprint density at radius 3 is 2.50 bits per heavy atom. The average Bonchev–Trinajstić information content (AvgIpc) is 1.96. The molecule has 4 heteroatoms. The number of hydrogen-bond acceptors (Lipinski definition) is 2. The molecule has 2 nitrogen and oxygen atoms in total. The van der Waals surface area contributed by atoms with Crippen LogP contribution in [0.4, 0.5) is 4.39 Å². The van der Waals surface area contributed by atoms with Crippen LogP contribution in [0.15, 0.2) is 0 Å². The molecule has 0 spiro atoms. The van der Waals surface area contributed by atoms with Crippen molar-refractivity contribution < 1.29 is 4.39 Å². The molecule has 0 aromatic rings. The van der Waals surface area contributed by atoms with E-state index in [4.69, 9.17) is 18.0 Å². The summed E-state index contributed by atoms with van der Waals surface area (Å²) in [4.78, 5) is 2.55. The first-order valence-electron chi connectivity index (χ1n) is 4.16. The summed E-state index contributed by atoms with van der Waals surface area (Å²) < 4.78 is 11.9. The lowest BCUT2D eigenvalue weighted by Crippen LogP contribution is -2.38. The molecule has 0 aliphatic carbocycles. The van der Waals surface area contributed by atoms with Gasteiger partial charge in [0.05, 0.1) is 11.7 Å². The van der Waals surface area contributed by atoms with E-state index in [9.17, 15) is 4.39 Å². The van der Waals surface area contributed by atoms with E-state index in [2.05, 4.69) is 18.7 Å². The molecule has 0 saturated heterocycles. The van der Waals surface area contributed by atoms with Gasteiger partial charge in [-0.2, -0.15) is 0 Å². The number of thiocarbonyl (C=S) groups is 1. The highest BCUT2D eigenvalue weighted by atomic mass is 32.1. The van der Waals surface area contributed by atoms with Gasteiger partial charge in [0.2, 0.25) is 0 Å². The van der Waals surface area contributed by atoms with Crippen molar-refractivity contribution in [1.29, 1.82) is 0 Å². The third-order valence-electron chi connectivity index (χ3n) is 1.67. The van der Waals surface area contributed by atoms with Crippen LogP contribution in [0.5, 0.6) is 0 Å². The van der Waals surface area contributed by atoms with E-state index < -0.39 is 0 Å². The fraction of sp³-hybridized carbons (Fsp3) is 0.875. The second kappa shape index (κ2) is 6.31. The highest BCUT2D eigenvalue weighted by Gasteiger charge is 2.09. The predicted octanol–water partition coefficient (Wildman–Crippen LogP) is 1.34. The van der Waals surface area contributed by atoms with Crippen LogP contribution >= 0.6 is 12.2 Å². The first-order chi connectivity index (χ1) is 5.57. The van der Waals surface area contributed by atoms with Gasteiger partial charge in [-0.3, -0.25) is 9.29 Å². The van der Waals surface area contributed by atoms with Gasteiger partial charge in [0, 0.05) is 19.1 Å². The maximum absolute atomic E-state index is 11.9. The molecule has 12 heavy (non-hydrogen) atoms. The molecule has 0 heterocycles. The van der Waals surface area contributed by atoms with Gasteiger partial charge in [-0.1, -0.05) is 12.2 Å². The monoisotopic (exact) mass is 192 g/mol. The first kappa shape index (κ1) is 11.8. The third kappa shape index (κ3) is 5.43. The molecule has 0 aromatic carbocycles. The molecule has 72 valence electrons. The molecule has 0 radical (unpaired) electrons. The summed E-state index contributed by atoms with van der Waals surface area (Å²) in [5.41, 5.74) is 5.40. The molecule has 0 atom stereocenters. The van der Waals surface area contributed by atoms with Gasteiger partial charge in [0.1, 0.15) is 0 Å². The van der Waals surface area contributed by atoms with Crippen molar-refractivity contribution in [3.05, 3.63) is 0 Å². The molecule has 0 amide bonds. The van der Waals surface area contributed by atoms with Crippen molar-refractivity contribution >= 4 is 17.2 Å². The summed E-state index contributed by atoms with van der Waals surface area (Å²) in [6, 6.07) is 0.373. The van der Waals surface area contributed by atoms with E-state index >= 15 is 0 Å². The number of hydrogen-bond donors (Lipinski definition) is 1. The minimum atomic E-state index is -0.277. The summed E-state index contributed by atoms with van der Waals surface area (Å²) in [6.45, 7) is 5.14. The van der Waals surface area contributed by atoms with E-state index in [1.54, 1.807) is 0 Å². The Morgan fingerprint density at radius 2 is 2.17 bits per heavy atom. The summed E-state index contributed by atoms with van der Waals surface area (Å²) in [6.07, 6.45) is 0.556. The predicted molar refractivity (Wildman–Crippen MR) is 54.1 cm³/mol. The zero-order valence-corrected chi connectivity index (χ0v) is 8.53. The van der Waals surface area contributed by atoms with Crippen LogP contribution in [-0.2, 0) is 0 Å². The molecule has 0 aliphatic heterocycles. The molecular formula is C8H17FN2S. The zero-order valence-electron chi connectivity index (χ0n) is 7.72. The maximum Gasteiger partial charge on any atom is 0.0906 e. The summed E-state index contributed by atoms with van der Waals surface area (Å²) in [7, 11) is 0. The largest absolute Gasteiger partial charge is 0.392 e. The average molecular weight is 192 g/mol. The SMILES string of the molecule is CC(C)N(CCCF)CC(N)=S. The fourth-order valence-electron chi connectivity index (χ4n) is 0.983. The lowest BCUT2D eigenvalue weighted by atomic mass is 10.3. The smallest absolute Gasteiger partial charge is 0.0906 e. The third-order valence-corrected chi connectivity index (χ3v) is 1.80. The van der Waals surface area contributed by atoms with Crippen LogP contribution in [0.25, 0.3) is 0 Å².